The Morgan fingerprint density at radius 1 is 1.53 bits per heavy atom. The van der Waals surface area contributed by atoms with Gasteiger partial charge in [0, 0.05) is 6.20 Å². The van der Waals surface area contributed by atoms with E-state index in [0.29, 0.717) is 24.5 Å². The summed E-state index contributed by atoms with van der Waals surface area (Å²) in [6, 6.07) is 3.75. The summed E-state index contributed by atoms with van der Waals surface area (Å²) >= 11 is 0. The van der Waals surface area contributed by atoms with Crippen molar-refractivity contribution >= 4 is 0 Å². The maximum absolute atomic E-state index is 9.65. The van der Waals surface area contributed by atoms with Crippen LogP contribution in [-0.4, -0.2) is 26.8 Å². The molecular weight excluding hydrogens is 220 g/mol. The van der Waals surface area contributed by atoms with Crippen LogP contribution in [0.25, 0.3) is 11.5 Å². The lowest BCUT2D eigenvalue weighted by Crippen LogP contribution is -2.06. The van der Waals surface area contributed by atoms with Gasteiger partial charge in [-0.3, -0.25) is 4.98 Å². The second-order valence-corrected chi connectivity index (χ2v) is 3.72. The third kappa shape index (κ3) is 2.48. The molecule has 0 spiro atoms. The fourth-order valence-electron chi connectivity index (χ4n) is 1.47. The lowest BCUT2D eigenvalue weighted by Gasteiger charge is -2.01. The third-order valence-corrected chi connectivity index (χ3v) is 2.39. The van der Waals surface area contributed by atoms with Crippen molar-refractivity contribution in [1.82, 2.24) is 15.1 Å². The summed E-state index contributed by atoms with van der Waals surface area (Å²) in [7, 11) is 0. The summed E-state index contributed by atoms with van der Waals surface area (Å²) in [5.74, 6) is 0.560. The third-order valence-electron chi connectivity index (χ3n) is 2.39. The molecule has 0 aliphatic heterocycles. The van der Waals surface area contributed by atoms with E-state index in [2.05, 4.69) is 15.1 Å². The van der Waals surface area contributed by atoms with Gasteiger partial charge in [0.15, 0.2) is 0 Å². The van der Waals surface area contributed by atoms with Crippen molar-refractivity contribution in [1.29, 1.82) is 0 Å². The fourth-order valence-corrected chi connectivity index (χ4v) is 1.47. The van der Waals surface area contributed by atoms with Crippen molar-refractivity contribution in [3.8, 4) is 11.5 Å². The first-order chi connectivity index (χ1) is 8.22. The highest BCUT2D eigenvalue weighted by Gasteiger charge is 2.17. The van der Waals surface area contributed by atoms with Gasteiger partial charge in [0.25, 0.3) is 5.89 Å². The smallest absolute Gasteiger partial charge is 0.255 e. The van der Waals surface area contributed by atoms with E-state index in [9.17, 15) is 5.11 Å². The Hall–Kier alpha value is -1.79. The number of hydrogen-bond acceptors (Lipinski definition) is 6. The van der Waals surface area contributed by atoms with Gasteiger partial charge in [-0.25, -0.2) is 0 Å². The summed E-state index contributed by atoms with van der Waals surface area (Å²) in [4.78, 5) is 8.29. The summed E-state index contributed by atoms with van der Waals surface area (Å²) in [6.07, 6.45) is 1.24. The summed E-state index contributed by atoms with van der Waals surface area (Å²) in [6.45, 7) is 2.27. The van der Waals surface area contributed by atoms with Gasteiger partial charge in [-0.2, -0.15) is 4.98 Å². The van der Waals surface area contributed by atoms with Crippen molar-refractivity contribution in [2.24, 2.45) is 5.73 Å². The average Bonchev–Trinajstić information content (AvgIpc) is 2.79. The van der Waals surface area contributed by atoms with Crippen molar-refractivity contribution in [3.63, 3.8) is 0 Å². The Balaban J connectivity index is 2.27. The molecular formula is C11H14N4O2. The lowest BCUT2D eigenvalue weighted by atomic mass is 10.2. The number of nitrogens with zero attached hydrogens (tertiary/aromatic N) is 3. The van der Waals surface area contributed by atoms with E-state index in [4.69, 9.17) is 10.3 Å². The number of aliphatic hydroxyl groups excluding tert-OH is 1. The van der Waals surface area contributed by atoms with Crippen molar-refractivity contribution < 1.29 is 9.63 Å². The molecule has 0 fully saturated rings. The van der Waals surface area contributed by atoms with Crippen LogP contribution in [0.4, 0.5) is 0 Å². The predicted octanol–water partition coefficient (Wildman–Crippen LogP) is 0.822. The second-order valence-electron chi connectivity index (χ2n) is 3.72. The minimum absolute atomic E-state index is 0.176. The number of aryl methyl sites for hydroxylation is 1. The molecule has 0 aliphatic rings. The van der Waals surface area contributed by atoms with Crippen LogP contribution in [-0.2, 0) is 0 Å². The first kappa shape index (κ1) is 11.7. The highest BCUT2D eigenvalue weighted by molar-refractivity contribution is 5.53. The number of pyridine rings is 1. The molecule has 6 nitrogen and oxygen atoms in total. The molecule has 0 saturated heterocycles. The molecule has 0 bridgehead atoms. The number of aliphatic hydroxyl groups is 1. The van der Waals surface area contributed by atoms with E-state index >= 15 is 0 Å². The van der Waals surface area contributed by atoms with Crippen LogP contribution >= 0.6 is 0 Å². The van der Waals surface area contributed by atoms with Crippen LogP contribution in [0.1, 0.15) is 24.0 Å². The molecule has 0 aromatic carbocycles. The molecule has 2 heterocycles. The van der Waals surface area contributed by atoms with Crippen LogP contribution in [0.3, 0.4) is 0 Å². The molecule has 0 unspecified atom stereocenters. The molecule has 0 saturated carbocycles. The Labute approximate surface area is 98.5 Å². The zero-order chi connectivity index (χ0) is 12.3. The number of aromatic nitrogens is 3. The van der Waals surface area contributed by atoms with Gasteiger partial charge in [0.1, 0.15) is 11.8 Å². The van der Waals surface area contributed by atoms with E-state index < -0.39 is 6.10 Å². The Morgan fingerprint density at radius 3 is 3.06 bits per heavy atom. The van der Waals surface area contributed by atoms with Crippen molar-refractivity contribution in [2.45, 2.75) is 19.4 Å². The van der Waals surface area contributed by atoms with E-state index in [1.54, 1.807) is 6.20 Å². The van der Waals surface area contributed by atoms with Crippen molar-refractivity contribution in [2.75, 3.05) is 6.54 Å². The molecule has 2 rings (SSSR count). The van der Waals surface area contributed by atoms with E-state index in [-0.39, 0.29) is 5.89 Å². The maximum atomic E-state index is 9.65. The van der Waals surface area contributed by atoms with Crippen LogP contribution in [0, 0.1) is 6.92 Å². The molecule has 2 aromatic heterocycles. The van der Waals surface area contributed by atoms with Crippen LogP contribution in [0.15, 0.2) is 22.9 Å². The minimum atomic E-state index is -0.815. The first-order valence-electron chi connectivity index (χ1n) is 5.36. The number of hydrogen-bond donors (Lipinski definition) is 2. The predicted molar refractivity (Wildman–Crippen MR) is 60.9 cm³/mol. The molecule has 0 radical (unpaired) electrons. The normalized spacial score (nSPS) is 12.6. The van der Waals surface area contributed by atoms with Gasteiger partial charge in [-0.15, -0.1) is 0 Å². The quantitative estimate of drug-likeness (QED) is 0.812. The standard InChI is InChI=1S/C11H14N4O2/c1-7-3-2-6-13-9(7)10-14-11(17-15-10)8(16)4-5-12/h2-3,6,8,16H,4-5,12H2,1H3/t8-/m0/s1. The summed E-state index contributed by atoms with van der Waals surface area (Å²) < 4.78 is 4.98. The molecule has 0 amide bonds. The molecule has 90 valence electrons. The molecule has 0 aliphatic carbocycles. The summed E-state index contributed by atoms with van der Waals surface area (Å²) in [5.41, 5.74) is 6.95. The monoisotopic (exact) mass is 234 g/mol. The van der Waals surface area contributed by atoms with Gasteiger partial charge in [0.2, 0.25) is 5.82 Å². The number of rotatable bonds is 4. The van der Waals surface area contributed by atoms with E-state index in [1.165, 1.54) is 0 Å². The molecule has 17 heavy (non-hydrogen) atoms. The number of nitrogens with two attached hydrogens (primary N) is 1. The molecule has 2 aromatic rings. The lowest BCUT2D eigenvalue weighted by molar-refractivity contribution is 0.127. The molecule has 3 N–H and O–H groups in total. The zero-order valence-electron chi connectivity index (χ0n) is 9.50. The van der Waals surface area contributed by atoms with Crippen LogP contribution < -0.4 is 5.73 Å². The maximum Gasteiger partial charge on any atom is 0.255 e. The average molecular weight is 234 g/mol. The van der Waals surface area contributed by atoms with Gasteiger partial charge in [-0.05, 0) is 31.5 Å². The highest BCUT2D eigenvalue weighted by Crippen LogP contribution is 2.20. The van der Waals surface area contributed by atoms with E-state index in [0.717, 1.165) is 5.56 Å². The Kier molecular flexibility index (Phi) is 3.46. The Bertz CT molecular complexity index is 498. The largest absolute Gasteiger partial charge is 0.383 e. The SMILES string of the molecule is Cc1cccnc1-c1noc([C@@H](O)CCN)n1. The molecule has 6 heteroatoms. The molecule has 1 atom stereocenters. The van der Waals surface area contributed by atoms with Gasteiger partial charge in [-0.1, -0.05) is 11.2 Å². The topological polar surface area (TPSA) is 98.1 Å². The second kappa shape index (κ2) is 5.03. The zero-order valence-corrected chi connectivity index (χ0v) is 9.50. The van der Waals surface area contributed by atoms with Gasteiger partial charge in [0.05, 0.1) is 0 Å². The van der Waals surface area contributed by atoms with Gasteiger partial charge < -0.3 is 15.4 Å². The Morgan fingerprint density at radius 2 is 2.35 bits per heavy atom. The van der Waals surface area contributed by atoms with E-state index in [1.807, 2.05) is 19.1 Å². The van der Waals surface area contributed by atoms with Crippen LogP contribution in [0.2, 0.25) is 0 Å². The van der Waals surface area contributed by atoms with Gasteiger partial charge >= 0.3 is 0 Å². The fraction of sp³-hybridized carbons (Fsp3) is 0.364. The van der Waals surface area contributed by atoms with Crippen molar-refractivity contribution in [3.05, 3.63) is 29.8 Å². The van der Waals surface area contributed by atoms with Crippen LogP contribution in [0.5, 0.6) is 0 Å². The highest BCUT2D eigenvalue weighted by atomic mass is 16.5. The minimum Gasteiger partial charge on any atom is -0.383 e. The summed E-state index contributed by atoms with van der Waals surface area (Å²) in [5, 5.41) is 13.5. The first-order valence-corrected chi connectivity index (χ1v) is 5.36.